The van der Waals surface area contributed by atoms with E-state index in [9.17, 15) is 19.2 Å². The molecule has 0 fully saturated rings. The zero-order valence-electron chi connectivity index (χ0n) is 18.9. The number of ketones is 1. The van der Waals surface area contributed by atoms with Gasteiger partial charge in [0.25, 0.3) is 5.56 Å². The van der Waals surface area contributed by atoms with Gasteiger partial charge in [-0.1, -0.05) is 54.6 Å². The Hall–Kier alpha value is -4.79. The molecule has 2 aromatic heterocycles. The van der Waals surface area contributed by atoms with Gasteiger partial charge in [-0.15, -0.1) is 0 Å². The Balaban J connectivity index is 1.52. The summed E-state index contributed by atoms with van der Waals surface area (Å²) >= 11 is 0. The number of ether oxygens (including phenoxy) is 1. The molecular weight excluding hydrogens is 448 g/mol. The topological polar surface area (TPSA) is 126 Å². The Morgan fingerprint density at radius 1 is 1.03 bits per heavy atom. The van der Waals surface area contributed by atoms with Crippen LogP contribution in [0, 0.1) is 0 Å². The fraction of sp³-hybridized carbons (Fsp3) is 0.115. The molecular formula is C26H22N4O5. The first kappa shape index (κ1) is 23.4. The number of pyridine rings is 1. The molecule has 0 bridgehead atoms. The smallest absolute Gasteiger partial charge is 0.332 e. The maximum Gasteiger partial charge on any atom is 0.332 e. The number of rotatable bonds is 7. The first-order valence-corrected chi connectivity index (χ1v) is 10.7. The summed E-state index contributed by atoms with van der Waals surface area (Å²) in [5, 5.41) is 0.912. The summed E-state index contributed by atoms with van der Waals surface area (Å²) < 4.78 is 6.99. The highest BCUT2D eigenvalue weighted by molar-refractivity contribution is 6.02. The van der Waals surface area contributed by atoms with Crippen LogP contribution in [0.2, 0.25) is 0 Å². The van der Waals surface area contributed by atoms with Crippen LogP contribution in [-0.2, 0) is 23.1 Å². The number of hydrogen-bond acceptors (Lipinski definition) is 7. The number of Topliss-reactive ketones (excluding diaryl/α,β-unsaturated/α-hetero) is 1. The molecule has 0 saturated carbocycles. The molecule has 2 heterocycles. The van der Waals surface area contributed by atoms with E-state index < -0.39 is 35.2 Å². The van der Waals surface area contributed by atoms with Crippen molar-refractivity contribution in [1.29, 1.82) is 0 Å². The minimum Gasteiger partial charge on any atom is -0.454 e. The molecule has 9 heteroatoms. The highest BCUT2D eigenvalue weighted by atomic mass is 16.5. The minimum absolute atomic E-state index is 0.0709. The first-order valence-electron chi connectivity index (χ1n) is 10.7. The lowest BCUT2D eigenvalue weighted by molar-refractivity contribution is -0.136. The summed E-state index contributed by atoms with van der Waals surface area (Å²) in [6.07, 6.45) is 4.36. The number of hydrogen-bond donors (Lipinski definition) is 1. The molecule has 4 rings (SSSR count). The standard InChI is InChI=1S/C26H22N4O5/c1-29-25(33)22(24(27)30(26(29)34)15-17-7-3-2-4-8-17)20(31)16-35-21(32)13-12-19-10-5-9-18-11-6-14-28-23(18)19/h2-14H,15-16,27H2,1H3/b13-12+. The molecule has 2 N–H and O–H groups in total. The normalized spacial score (nSPS) is 11.1. The molecule has 0 saturated heterocycles. The number of nitrogens with two attached hydrogens (primary N) is 1. The highest BCUT2D eigenvalue weighted by Gasteiger charge is 2.22. The third-order valence-electron chi connectivity index (χ3n) is 5.45. The van der Waals surface area contributed by atoms with Gasteiger partial charge in [0, 0.05) is 30.3 Å². The number of nitrogen functional groups attached to an aromatic ring is 1. The molecule has 0 aliphatic rings. The summed E-state index contributed by atoms with van der Waals surface area (Å²) in [5.74, 6) is -1.86. The van der Waals surface area contributed by atoms with Crippen molar-refractivity contribution in [3.8, 4) is 0 Å². The van der Waals surface area contributed by atoms with Crippen LogP contribution in [-0.4, -0.2) is 32.5 Å². The van der Waals surface area contributed by atoms with E-state index in [0.29, 0.717) is 11.1 Å². The van der Waals surface area contributed by atoms with Gasteiger partial charge in [0.2, 0.25) is 5.78 Å². The Kier molecular flexibility index (Phi) is 6.68. The van der Waals surface area contributed by atoms with E-state index >= 15 is 0 Å². The summed E-state index contributed by atoms with van der Waals surface area (Å²) in [7, 11) is 1.26. The molecule has 0 unspecified atom stereocenters. The van der Waals surface area contributed by atoms with Crippen molar-refractivity contribution in [1.82, 2.24) is 14.1 Å². The fourth-order valence-electron chi connectivity index (χ4n) is 3.64. The molecule has 0 aliphatic carbocycles. The van der Waals surface area contributed by atoms with Gasteiger partial charge in [0.1, 0.15) is 11.4 Å². The maximum atomic E-state index is 12.8. The second kappa shape index (κ2) is 10.0. The van der Waals surface area contributed by atoms with Crippen LogP contribution < -0.4 is 17.0 Å². The van der Waals surface area contributed by atoms with E-state index in [4.69, 9.17) is 10.5 Å². The van der Waals surface area contributed by atoms with Gasteiger partial charge < -0.3 is 10.5 Å². The van der Waals surface area contributed by atoms with Crippen LogP contribution in [0.4, 0.5) is 5.82 Å². The van der Waals surface area contributed by atoms with Gasteiger partial charge in [-0.2, -0.15) is 0 Å². The second-order valence-corrected chi connectivity index (χ2v) is 7.77. The number of esters is 1. The zero-order valence-corrected chi connectivity index (χ0v) is 18.9. The average Bonchev–Trinajstić information content (AvgIpc) is 2.88. The van der Waals surface area contributed by atoms with Crippen LogP contribution >= 0.6 is 0 Å². The van der Waals surface area contributed by atoms with E-state index in [1.54, 1.807) is 36.5 Å². The molecule has 0 radical (unpaired) electrons. The van der Waals surface area contributed by atoms with Gasteiger partial charge >= 0.3 is 11.7 Å². The van der Waals surface area contributed by atoms with Crippen molar-refractivity contribution in [3.05, 3.63) is 110 Å². The van der Waals surface area contributed by atoms with Crippen LogP contribution in [0.25, 0.3) is 17.0 Å². The zero-order chi connectivity index (χ0) is 24.9. The minimum atomic E-state index is -0.852. The fourth-order valence-corrected chi connectivity index (χ4v) is 3.64. The van der Waals surface area contributed by atoms with Crippen LogP contribution in [0.1, 0.15) is 21.5 Å². The maximum absolute atomic E-state index is 12.8. The van der Waals surface area contributed by atoms with Crippen LogP contribution in [0.3, 0.4) is 0 Å². The lowest BCUT2D eigenvalue weighted by Gasteiger charge is -2.14. The number of nitrogens with zero attached hydrogens (tertiary/aromatic N) is 3. The Morgan fingerprint density at radius 3 is 2.54 bits per heavy atom. The third kappa shape index (κ3) is 4.93. The van der Waals surface area contributed by atoms with Gasteiger partial charge in [0.05, 0.1) is 12.1 Å². The number of carbonyl (C=O) groups excluding carboxylic acids is 2. The SMILES string of the molecule is Cn1c(=O)c(C(=O)COC(=O)/C=C/c2cccc3cccnc23)c(N)n(Cc2ccccc2)c1=O. The Morgan fingerprint density at radius 2 is 1.77 bits per heavy atom. The van der Waals surface area contributed by atoms with Gasteiger partial charge in [0.15, 0.2) is 6.61 Å². The molecule has 9 nitrogen and oxygen atoms in total. The molecule has 35 heavy (non-hydrogen) atoms. The van der Waals surface area contributed by atoms with E-state index in [1.165, 1.54) is 19.2 Å². The Bertz CT molecular complexity index is 1560. The van der Waals surface area contributed by atoms with Crippen molar-refractivity contribution in [2.75, 3.05) is 12.3 Å². The van der Waals surface area contributed by atoms with Crippen LogP contribution in [0.5, 0.6) is 0 Å². The van der Waals surface area contributed by atoms with Gasteiger partial charge in [-0.3, -0.25) is 23.7 Å². The first-order chi connectivity index (χ1) is 16.9. The number of benzene rings is 2. The molecule has 2 aromatic carbocycles. The quantitative estimate of drug-likeness (QED) is 0.249. The monoisotopic (exact) mass is 470 g/mol. The van der Waals surface area contributed by atoms with E-state index in [2.05, 4.69) is 4.98 Å². The van der Waals surface area contributed by atoms with Crippen molar-refractivity contribution < 1.29 is 14.3 Å². The summed E-state index contributed by atoms with van der Waals surface area (Å²) in [6, 6.07) is 18.2. The number of anilines is 1. The van der Waals surface area contributed by atoms with Gasteiger partial charge in [-0.05, 0) is 17.7 Å². The van der Waals surface area contributed by atoms with Crippen molar-refractivity contribution >= 4 is 34.5 Å². The molecule has 0 atom stereocenters. The predicted molar refractivity (Wildman–Crippen MR) is 132 cm³/mol. The van der Waals surface area contributed by atoms with E-state index in [-0.39, 0.29) is 12.4 Å². The van der Waals surface area contributed by atoms with Crippen molar-refractivity contribution in [2.24, 2.45) is 7.05 Å². The summed E-state index contributed by atoms with van der Waals surface area (Å²) in [5.41, 5.74) is 6.33. The van der Waals surface area contributed by atoms with Gasteiger partial charge in [-0.25, -0.2) is 9.59 Å². The number of carbonyl (C=O) groups is 2. The van der Waals surface area contributed by atoms with E-state index in [0.717, 1.165) is 20.1 Å². The highest BCUT2D eigenvalue weighted by Crippen LogP contribution is 2.17. The van der Waals surface area contributed by atoms with Crippen molar-refractivity contribution in [2.45, 2.75) is 6.54 Å². The molecule has 176 valence electrons. The Labute approximate surface area is 199 Å². The average molecular weight is 470 g/mol. The summed E-state index contributed by atoms with van der Waals surface area (Å²) in [6.45, 7) is -0.637. The predicted octanol–water partition coefficient (Wildman–Crippen LogP) is 2.17. The number of fused-ring (bicyclic) bond motifs is 1. The third-order valence-corrected chi connectivity index (χ3v) is 5.45. The number of aromatic nitrogens is 3. The largest absolute Gasteiger partial charge is 0.454 e. The van der Waals surface area contributed by atoms with Crippen LogP contribution in [0.15, 0.2) is 82.5 Å². The molecule has 0 amide bonds. The molecule has 4 aromatic rings. The van der Waals surface area contributed by atoms with E-state index in [1.807, 2.05) is 30.3 Å². The lowest BCUT2D eigenvalue weighted by Crippen LogP contribution is -2.43. The number of para-hydroxylation sites is 1. The molecule has 0 aliphatic heterocycles. The molecule has 0 spiro atoms. The second-order valence-electron chi connectivity index (χ2n) is 7.77. The van der Waals surface area contributed by atoms with Crippen molar-refractivity contribution in [3.63, 3.8) is 0 Å². The summed E-state index contributed by atoms with van der Waals surface area (Å²) in [4.78, 5) is 54.6. The lowest BCUT2D eigenvalue weighted by atomic mass is 10.1.